The summed E-state index contributed by atoms with van der Waals surface area (Å²) >= 11 is 5.83. The van der Waals surface area contributed by atoms with E-state index in [9.17, 15) is 4.79 Å². The Labute approximate surface area is 85.0 Å². The average molecular weight is 204 g/mol. The van der Waals surface area contributed by atoms with Crippen molar-refractivity contribution in [2.24, 2.45) is 5.92 Å². The van der Waals surface area contributed by atoms with Crippen molar-refractivity contribution in [2.45, 2.75) is 45.1 Å². The Kier molecular flexibility index (Phi) is 3.60. The highest BCUT2D eigenvalue weighted by Gasteiger charge is 2.37. The van der Waals surface area contributed by atoms with Gasteiger partial charge in [-0.3, -0.25) is 4.79 Å². The second-order valence-electron chi connectivity index (χ2n) is 4.41. The van der Waals surface area contributed by atoms with Gasteiger partial charge >= 0.3 is 0 Å². The second kappa shape index (κ2) is 4.32. The minimum absolute atomic E-state index is 0.0620. The molecule has 3 heteroatoms. The monoisotopic (exact) mass is 203 g/mol. The van der Waals surface area contributed by atoms with Gasteiger partial charge in [0.2, 0.25) is 5.91 Å². The molecule has 1 rings (SSSR count). The molecule has 0 spiro atoms. The van der Waals surface area contributed by atoms with Gasteiger partial charge in [0.25, 0.3) is 0 Å². The lowest BCUT2D eigenvalue weighted by atomic mass is 9.78. The maximum Gasteiger partial charge on any atom is 0.220 e. The number of halogens is 1. The molecule has 1 saturated carbocycles. The highest BCUT2D eigenvalue weighted by molar-refractivity contribution is 6.18. The predicted octanol–water partition coefficient (Wildman–Crippen LogP) is 2.31. The third-order valence-electron chi connectivity index (χ3n) is 2.56. The summed E-state index contributed by atoms with van der Waals surface area (Å²) in [5.41, 5.74) is -0.0620. The predicted molar refractivity (Wildman–Crippen MR) is 54.9 cm³/mol. The summed E-state index contributed by atoms with van der Waals surface area (Å²) in [5, 5.41) is 3.04. The SMILES string of the molecule is CC(C)CC(=O)NC1(CCl)CCC1. The van der Waals surface area contributed by atoms with E-state index in [1.807, 2.05) is 13.8 Å². The van der Waals surface area contributed by atoms with Gasteiger partial charge < -0.3 is 5.32 Å². The smallest absolute Gasteiger partial charge is 0.220 e. The molecule has 0 aromatic rings. The summed E-state index contributed by atoms with van der Waals surface area (Å²) < 4.78 is 0. The van der Waals surface area contributed by atoms with Crippen LogP contribution in [0.1, 0.15) is 39.5 Å². The number of hydrogen-bond acceptors (Lipinski definition) is 1. The molecule has 0 aromatic carbocycles. The molecule has 13 heavy (non-hydrogen) atoms. The normalized spacial score (nSPS) is 19.7. The molecule has 0 saturated heterocycles. The lowest BCUT2D eigenvalue weighted by Crippen LogP contribution is -2.55. The van der Waals surface area contributed by atoms with Crippen molar-refractivity contribution in [1.82, 2.24) is 5.32 Å². The zero-order valence-electron chi connectivity index (χ0n) is 8.40. The van der Waals surface area contributed by atoms with Crippen LogP contribution in [-0.2, 0) is 4.79 Å². The van der Waals surface area contributed by atoms with Crippen LogP contribution in [-0.4, -0.2) is 17.3 Å². The van der Waals surface area contributed by atoms with Crippen LogP contribution >= 0.6 is 11.6 Å². The molecule has 76 valence electrons. The maximum atomic E-state index is 11.5. The number of hydrogen-bond donors (Lipinski definition) is 1. The molecule has 0 aliphatic heterocycles. The van der Waals surface area contributed by atoms with Crippen molar-refractivity contribution in [3.63, 3.8) is 0 Å². The maximum absolute atomic E-state index is 11.5. The van der Waals surface area contributed by atoms with E-state index in [1.165, 1.54) is 6.42 Å². The van der Waals surface area contributed by atoms with Crippen LogP contribution in [0.3, 0.4) is 0 Å². The van der Waals surface area contributed by atoms with Crippen molar-refractivity contribution in [3.8, 4) is 0 Å². The minimum Gasteiger partial charge on any atom is -0.349 e. The third-order valence-corrected chi connectivity index (χ3v) is 3.08. The summed E-state index contributed by atoms with van der Waals surface area (Å²) in [6, 6.07) is 0. The van der Waals surface area contributed by atoms with Crippen molar-refractivity contribution in [3.05, 3.63) is 0 Å². The summed E-state index contributed by atoms with van der Waals surface area (Å²) in [5.74, 6) is 1.12. The number of alkyl halides is 1. The first-order chi connectivity index (χ1) is 6.08. The van der Waals surface area contributed by atoms with Gasteiger partial charge in [0.15, 0.2) is 0 Å². The van der Waals surface area contributed by atoms with Gasteiger partial charge in [-0.15, -0.1) is 11.6 Å². The molecule has 1 aliphatic rings. The Balaban J connectivity index is 2.34. The second-order valence-corrected chi connectivity index (χ2v) is 4.68. The Morgan fingerprint density at radius 1 is 1.54 bits per heavy atom. The summed E-state index contributed by atoms with van der Waals surface area (Å²) in [6.07, 6.45) is 3.88. The Morgan fingerprint density at radius 2 is 2.15 bits per heavy atom. The van der Waals surface area contributed by atoms with Crippen LogP contribution in [0.15, 0.2) is 0 Å². The summed E-state index contributed by atoms with van der Waals surface area (Å²) in [4.78, 5) is 11.5. The van der Waals surface area contributed by atoms with Gasteiger partial charge in [-0.1, -0.05) is 13.8 Å². The molecular weight excluding hydrogens is 186 g/mol. The standard InChI is InChI=1S/C10H18ClNO/c1-8(2)6-9(13)12-10(7-11)4-3-5-10/h8H,3-7H2,1-2H3,(H,12,13). The number of amides is 1. The Hall–Kier alpha value is -0.240. The largest absolute Gasteiger partial charge is 0.349 e. The molecule has 0 aromatic heterocycles. The van der Waals surface area contributed by atoms with Gasteiger partial charge in [-0.2, -0.15) is 0 Å². The van der Waals surface area contributed by atoms with Crippen LogP contribution in [0, 0.1) is 5.92 Å². The molecular formula is C10H18ClNO. The fourth-order valence-electron chi connectivity index (χ4n) is 1.61. The van der Waals surface area contributed by atoms with Crippen molar-refractivity contribution in [1.29, 1.82) is 0 Å². The third kappa shape index (κ3) is 2.87. The number of nitrogens with one attached hydrogen (secondary N) is 1. The highest BCUT2D eigenvalue weighted by Crippen LogP contribution is 2.32. The van der Waals surface area contributed by atoms with E-state index in [4.69, 9.17) is 11.6 Å². The van der Waals surface area contributed by atoms with E-state index in [0.29, 0.717) is 18.2 Å². The Bertz CT molecular complexity index is 182. The van der Waals surface area contributed by atoms with Crippen molar-refractivity contribution in [2.75, 3.05) is 5.88 Å². The van der Waals surface area contributed by atoms with E-state index in [1.54, 1.807) is 0 Å². The van der Waals surface area contributed by atoms with E-state index < -0.39 is 0 Å². The molecule has 1 amide bonds. The quantitative estimate of drug-likeness (QED) is 0.699. The minimum atomic E-state index is -0.0620. The van der Waals surface area contributed by atoms with Gasteiger partial charge in [0.05, 0.1) is 5.54 Å². The first-order valence-corrected chi connectivity index (χ1v) is 5.48. The zero-order valence-corrected chi connectivity index (χ0v) is 9.16. The van der Waals surface area contributed by atoms with Crippen LogP contribution in [0.2, 0.25) is 0 Å². The van der Waals surface area contributed by atoms with Crippen LogP contribution in [0.4, 0.5) is 0 Å². The van der Waals surface area contributed by atoms with Crippen LogP contribution in [0.25, 0.3) is 0 Å². The van der Waals surface area contributed by atoms with Crippen molar-refractivity contribution < 1.29 is 4.79 Å². The van der Waals surface area contributed by atoms with Crippen LogP contribution in [0.5, 0.6) is 0 Å². The number of carbonyl (C=O) groups is 1. The van der Waals surface area contributed by atoms with E-state index in [0.717, 1.165) is 12.8 Å². The lowest BCUT2D eigenvalue weighted by molar-refractivity contribution is -0.124. The summed E-state index contributed by atoms with van der Waals surface area (Å²) in [6.45, 7) is 4.10. The first kappa shape index (κ1) is 10.8. The van der Waals surface area contributed by atoms with Crippen LogP contribution < -0.4 is 5.32 Å². The van der Waals surface area contributed by atoms with Gasteiger partial charge in [-0.05, 0) is 25.2 Å². The van der Waals surface area contributed by atoms with Gasteiger partial charge in [0.1, 0.15) is 0 Å². The molecule has 0 unspecified atom stereocenters. The first-order valence-electron chi connectivity index (χ1n) is 4.95. The molecule has 1 N–H and O–H groups in total. The van der Waals surface area contributed by atoms with E-state index in [-0.39, 0.29) is 11.4 Å². The van der Waals surface area contributed by atoms with E-state index >= 15 is 0 Å². The Morgan fingerprint density at radius 3 is 2.46 bits per heavy atom. The summed E-state index contributed by atoms with van der Waals surface area (Å²) in [7, 11) is 0. The molecule has 0 bridgehead atoms. The molecule has 0 atom stereocenters. The van der Waals surface area contributed by atoms with Gasteiger partial charge in [0, 0.05) is 12.3 Å². The molecule has 0 radical (unpaired) electrons. The number of carbonyl (C=O) groups excluding carboxylic acids is 1. The highest BCUT2D eigenvalue weighted by atomic mass is 35.5. The number of rotatable bonds is 4. The van der Waals surface area contributed by atoms with Gasteiger partial charge in [-0.25, -0.2) is 0 Å². The molecule has 1 aliphatic carbocycles. The fraction of sp³-hybridized carbons (Fsp3) is 0.900. The molecule has 0 heterocycles. The fourth-order valence-corrected chi connectivity index (χ4v) is 1.95. The average Bonchev–Trinajstić information content (AvgIpc) is 1.95. The molecule has 1 fully saturated rings. The topological polar surface area (TPSA) is 29.1 Å². The van der Waals surface area contributed by atoms with E-state index in [2.05, 4.69) is 5.32 Å². The lowest BCUT2D eigenvalue weighted by Gasteiger charge is -2.41. The zero-order chi connectivity index (χ0) is 9.90. The van der Waals surface area contributed by atoms with Crippen molar-refractivity contribution >= 4 is 17.5 Å². The molecule has 2 nitrogen and oxygen atoms in total.